The third-order valence-corrected chi connectivity index (χ3v) is 5.87. The van der Waals surface area contributed by atoms with Crippen LogP contribution in [0.4, 0.5) is 0 Å². The molecule has 176 valence electrons. The van der Waals surface area contributed by atoms with Crippen molar-refractivity contribution in [1.29, 1.82) is 0 Å². The second-order valence-electron chi connectivity index (χ2n) is 9.47. The molecule has 0 bridgehead atoms. The van der Waals surface area contributed by atoms with Crippen LogP contribution in [0.1, 0.15) is 136 Å². The summed E-state index contributed by atoms with van der Waals surface area (Å²) in [5.41, 5.74) is 0. The van der Waals surface area contributed by atoms with Crippen molar-refractivity contribution in [3.05, 3.63) is 0 Å². The molecule has 0 radical (unpaired) electrons. The lowest BCUT2D eigenvalue weighted by atomic mass is 10.0. The molecule has 0 aliphatic carbocycles. The van der Waals surface area contributed by atoms with Gasteiger partial charge in [-0.05, 0) is 26.8 Å². The van der Waals surface area contributed by atoms with Crippen LogP contribution >= 0.6 is 0 Å². The highest BCUT2D eigenvalue weighted by Gasteiger charge is 2.10. The van der Waals surface area contributed by atoms with Gasteiger partial charge in [0.1, 0.15) is 0 Å². The van der Waals surface area contributed by atoms with Crippen LogP contribution in [-0.4, -0.2) is 47.0 Å². The fourth-order valence-corrected chi connectivity index (χ4v) is 4.24. The van der Waals surface area contributed by atoms with E-state index in [-0.39, 0.29) is 12.2 Å². The Morgan fingerprint density at radius 1 is 0.483 bits per heavy atom. The maximum Gasteiger partial charge on any atom is 0.0639 e. The van der Waals surface area contributed by atoms with Crippen molar-refractivity contribution < 1.29 is 10.2 Å². The van der Waals surface area contributed by atoms with Gasteiger partial charge in [0.15, 0.2) is 0 Å². The Labute approximate surface area is 183 Å². The summed E-state index contributed by atoms with van der Waals surface area (Å²) in [5, 5.41) is 19.1. The van der Waals surface area contributed by atoms with E-state index in [1.807, 2.05) is 13.8 Å². The second kappa shape index (κ2) is 22.6. The summed E-state index contributed by atoms with van der Waals surface area (Å²) < 4.78 is 0. The number of nitrogens with zero attached hydrogens (tertiary/aromatic N) is 1. The summed E-state index contributed by atoms with van der Waals surface area (Å²) >= 11 is 0. The van der Waals surface area contributed by atoms with Gasteiger partial charge in [-0.3, -0.25) is 4.90 Å². The first-order chi connectivity index (χ1) is 14.1. The zero-order valence-corrected chi connectivity index (χ0v) is 20.3. The van der Waals surface area contributed by atoms with Crippen molar-refractivity contribution >= 4 is 0 Å². The molecule has 3 heteroatoms. The molecule has 0 saturated carbocycles. The number of aliphatic hydroxyl groups excluding tert-OH is 2. The van der Waals surface area contributed by atoms with E-state index in [0.717, 1.165) is 6.54 Å². The van der Waals surface area contributed by atoms with Gasteiger partial charge in [0.25, 0.3) is 0 Å². The predicted molar refractivity (Wildman–Crippen MR) is 129 cm³/mol. The number of hydrogen-bond acceptors (Lipinski definition) is 3. The summed E-state index contributed by atoms with van der Waals surface area (Å²) in [5.74, 6) is 0. The fraction of sp³-hybridized carbons (Fsp3) is 1.00. The molecule has 3 nitrogen and oxygen atoms in total. The smallest absolute Gasteiger partial charge is 0.0639 e. The molecule has 0 aromatic heterocycles. The minimum absolute atomic E-state index is 0.315. The van der Waals surface area contributed by atoms with E-state index in [0.29, 0.717) is 13.1 Å². The van der Waals surface area contributed by atoms with Crippen LogP contribution in [0, 0.1) is 0 Å². The van der Waals surface area contributed by atoms with Crippen LogP contribution in [0.3, 0.4) is 0 Å². The molecule has 2 atom stereocenters. The maximum absolute atomic E-state index is 9.56. The average molecular weight is 414 g/mol. The van der Waals surface area contributed by atoms with E-state index >= 15 is 0 Å². The first-order valence-electron chi connectivity index (χ1n) is 13.1. The van der Waals surface area contributed by atoms with E-state index in [2.05, 4.69) is 11.8 Å². The van der Waals surface area contributed by atoms with Crippen LogP contribution < -0.4 is 0 Å². The van der Waals surface area contributed by atoms with Gasteiger partial charge in [0.05, 0.1) is 12.2 Å². The van der Waals surface area contributed by atoms with Crippen molar-refractivity contribution in [3.63, 3.8) is 0 Å². The van der Waals surface area contributed by atoms with Gasteiger partial charge in [-0.1, -0.05) is 116 Å². The Kier molecular flexibility index (Phi) is 22.5. The van der Waals surface area contributed by atoms with Gasteiger partial charge in [0, 0.05) is 13.1 Å². The second-order valence-corrected chi connectivity index (χ2v) is 9.47. The van der Waals surface area contributed by atoms with Crippen LogP contribution in [0.2, 0.25) is 0 Å². The average Bonchev–Trinajstić information content (AvgIpc) is 2.66. The normalized spacial score (nSPS) is 13.9. The van der Waals surface area contributed by atoms with E-state index in [4.69, 9.17) is 0 Å². The van der Waals surface area contributed by atoms with Gasteiger partial charge in [-0.2, -0.15) is 0 Å². The lowest BCUT2D eigenvalue weighted by Gasteiger charge is -2.24. The Hall–Kier alpha value is -0.120. The van der Waals surface area contributed by atoms with E-state index < -0.39 is 0 Å². The van der Waals surface area contributed by atoms with E-state index in [1.54, 1.807) is 0 Å². The first kappa shape index (κ1) is 28.9. The lowest BCUT2D eigenvalue weighted by Crippen LogP contribution is -2.36. The maximum atomic E-state index is 9.56. The van der Waals surface area contributed by atoms with Gasteiger partial charge in [-0.15, -0.1) is 0 Å². The summed E-state index contributed by atoms with van der Waals surface area (Å²) in [4.78, 5) is 2.20. The highest BCUT2D eigenvalue weighted by atomic mass is 16.3. The standard InChI is InChI=1S/C26H55NO2/c1-4-5-6-7-8-9-10-11-12-13-14-15-16-17-18-19-20-21-22-27(23-25(2)28)24-26(3)29/h25-26,28-29H,4-24H2,1-3H3. The monoisotopic (exact) mass is 413 g/mol. The van der Waals surface area contributed by atoms with Crippen LogP contribution in [0.15, 0.2) is 0 Å². The van der Waals surface area contributed by atoms with Gasteiger partial charge in [-0.25, -0.2) is 0 Å². The predicted octanol–water partition coefficient (Wildman–Crippen LogP) is 7.09. The molecule has 0 amide bonds. The molecule has 0 rings (SSSR count). The van der Waals surface area contributed by atoms with E-state index in [9.17, 15) is 10.2 Å². The highest BCUT2D eigenvalue weighted by Crippen LogP contribution is 2.14. The molecule has 0 heterocycles. The van der Waals surface area contributed by atoms with Gasteiger partial charge < -0.3 is 10.2 Å². The van der Waals surface area contributed by atoms with Gasteiger partial charge >= 0.3 is 0 Å². The minimum Gasteiger partial charge on any atom is -0.392 e. The Balaban J connectivity index is 3.26. The van der Waals surface area contributed by atoms with Crippen molar-refractivity contribution in [3.8, 4) is 0 Å². The molecule has 0 aromatic rings. The Morgan fingerprint density at radius 2 is 0.759 bits per heavy atom. The third-order valence-electron chi connectivity index (χ3n) is 5.87. The van der Waals surface area contributed by atoms with E-state index in [1.165, 1.54) is 116 Å². The zero-order chi connectivity index (χ0) is 21.6. The quantitative estimate of drug-likeness (QED) is 0.176. The molecular weight excluding hydrogens is 358 g/mol. The molecule has 0 aliphatic heterocycles. The number of hydrogen-bond donors (Lipinski definition) is 2. The lowest BCUT2D eigenvalue weighted by molar-refractivity contribution is 0.0825. The molecule has 29 heavy (non-hydrogen) atoms. The SMILES string of the molecule is CCCCCCCCCCCCCCCCCCCCN(CC(C)O)CC(C)O. The molecule has 0 aliphatic rings. The molecular formula is C26H55NO2. The zero-order valence-electron chi connectivity index (χ0n) is 20.3. The molecule has 0 saturated heterocycles. The summed E-state index contributed by atoms with van der Waals surface area (Å²) in [7, 11) is 0. The Morgan fingerprint density at radius 3 is 1.03 bits per heavy atom. The number of unbranched alkanes of at least 4 members (excludes halogenated alkanes) is 17. The van der Waals surface area contributed by atoms with Crippen molar-refractivity contribution in [2.75, 3.05) is 19.6 Å². The molecule has 2 N–H and O–H groups in total. The van der Waals surface area contributed by atoms with Crippen LogP contribution in [0.5, 0.6) is 0 Å². The molecule has 0 aromatic carbocycles. The molecule has 0 fully saturated rings. The van der Waals surface area contributed by atoms with Crippen molar-refractivity contribution in [2.45, 2.75) is 149 Å². The topological polar surface area (TPSA) is 43.7 Å². The summed E-state index contributed by atoms with van der Waals surface area (Å²) in [6.45, 7) is 8.27. The molecule has 0 spiro atoms. The fourth-order valence-electron chi connectivity index (χ4n) is 4.24. The Bertz CT molecular complexity index is 297. The van der Waals surface area contributed by atoms with Gasteiger partial charge in [0.2, 0.25) is 0 Å². The first-order valence-corrected chi connectivity index (χ1v) is 13.1. The summed E-state index contributed by atoms with van der Waals surface area (Å²) in [6.07, 6.45) is 24.6. The summed E-state index contributed by atoms with van der Waals surface area (Å²) in [6, 6.07) is 0. The van der Waals surface area contributed by atoms with Crippen LogP contribution in [0.25, 0.3) is 0 Å². The third kappa shape index (κ3) is 24.0. The molecule has 2 unspecified atom stereocenters. The number of aliphatic hydroxyl groups is 2. The van der Waals surface area contributed by atoms with Crippen LogP contribution in [-0.2, 0) is 0 Å². The highest BCUT2D eigenvalue weighted by molar-refractivity contribution is 4.64. The van der Waals surface area contributed by atoms with Crippen molar-refractivity contribution in [1.82, 2.24) is 4.90 Å². The minimum atomic E-state index is -0.315. The number of rotatable bonds is 23. The largest absolute Gasteiger partial charge is 0.392 e. The van der Waals surface area contributed by atoms with Crippen molar-refractivity contribution in [2.24, 2.45) is 0 Å².